The van der Waals surface area contributed by atoms with Gasteiger partial charge in [-0.2, -0.15) is 5.10 Å². The van der Waals surface area contributed by atoms with Crippen molar-refractivity contribution in [1.29, 1.82) is 0 Å². The number of rotatable bonds is 7. The van der Waals surface area contributed by atoms with E-state index in [1.54, 1.807) is 24.3 Å². The summed E-state index contributed by atoms with van der Waals surface area (Å²) in [4.78, 5) is 17.9. The minimum atomic E-state index is -0.421. The summed E-state index contributed by atoms with van der Waals surface area (Å²) in [5.74, 6) is 2.67. The number of hydrogen-bond donors (Lipinski definition) is 2. The number of H-pyrrole nitrogens is 1. The largest absolute Gasteiger partial charge is 0.494 e. The van der Waals surface area contributed by atoms with Crippen molar-refractivity contribution in [2.75, 3.05) is 26.2 Å². The van der Waals surface area contributed by atoms with E-state index in [0.717, 1.165) is 56.3 Å². The van der Waals surface area contributed by atoms with Gasteiger partial charge in [0.25, 0.3) is 0 Å². The molecule has 1 amide bonds. The Balaban J connectivity index is 1.34. The lowest BCUT2D eigenvalue weighted by molar-refractivity contribution is 0.100. The van der Waals surface area contributed by atoms with Gasteiger partial charge < -0.3 is 15.4 Å². The Bertz CT molecular complexity index is 690. The van der Waals surface area contributed by atoms with Crippen molar-refractivity contribution in [2.24, 2.45) is 5.73 Å². The van der Waals surface area contributed by atoms with Gasteiger partial charge in [-0.25, -0.2) is 4.98 Å². The number of piperidine rings is 1. The van der Waals surface area contributed by atoms with Crippen LogP contribution >= 0.6 is 0 Å². The van der Waals surface area contributed by atoms with Crippen molar-refractivity contribution >= 4 is 5.91 Å². The Morgan fingerprint density at radius 3 is 2.64 bits per heavy atom. The minimum absolute atomic E-state index is 0.421. The number of amides is 1. The number of hydrogen-bond acceptors (Lipinski definition) is 5. The average molecular weight is 343 g/mol. The van der Waals surface area contributed by atoms with E-state index in [1.165, 1.54) is 0 Å². The fourth-order valence-corrected chi connectivity index (χ4v) is 3.15. The highest BCUT2D eigenvalue weighted by atomic mass is 16.5. The molecule has 2 aromatic rings. The number of carbonyl (C=O) groups is 1. The smallest absolute Gasteiger partial charge is 0.248 e. The van der Waals surface area contributed by atoms with Gasteiger partial charge >= 0.3 is 0 Å². The van der Waals surface area contributed by atoms with Crippen LogP contribution in [0.2, 0.25) is 0 Å². The van der Waals surface area contributed by atoms with Crippen LogP contribution in [0.3, 0.4) is 0 Å². The summed E-state index contributed by atoms with van der Waals surface area (Å²) in [6, 6.07) is 6.94. The van der Waals surface area contributed by atoms with Crippen molar-refractivity contribution in [3.05, 3.63) is 41.5 Å². The van der Waals surface area contributed by atoms with Crippen molar-refractivity contribution in [3.63, 3.8) is 0 Å². The molecule has 7 heteroatoms. The normalized spacial score (nSPS) is 16.0. The third-order valence-corrected chi connectivity index (χ3v) is 4.59. The number of primary amides is 1. The van der Waals surface area contributed by atoms with Gasteiger partial charge in [0.2, 0.25) is 5.91 Å². The van der Waals surface area contributed by atoms with Gasteiger partial charge in [0.05, 0.1) is 6.61 Å². The zero-order chi connectivity index (χ0) is 17.6. The van der Waals surface area contributed by atoms with Gasteiger partial charge in [-0.05, 0) is 63.5 Å². The van der Waals surface area contributed by atoms with Crippen molar-refractivity contribution in [2.45, 2.75) is 32.1 Å². The highest BCUT2D eigenvalue weighted by Gasteiger charge is 2.23. The number of ether oxygens (including phenoxy) is 1. The fourth-order valence-electron chi connectivity index (χ4n) is 3.15. The van der Waals surface area contributed by atoms with Crippen LogP contribution < -0.4 is 10.5 Å². The van der Waals surface area contributed by atoms with E-state index in [4.69, 9.17) is 10.5 Å². The van der Waals surface area contributed by atoms with Crippen LogP contribution in [0.1, 0.15) is 47.2 Å². The first kappa shape index (κ1) is 17.4. The monoisotopic (exact) mass is 343 g/mol. The Morgan fingerprint density at radius 2 is 2.04 bits per heavy atom. The molecule has 1 aliphatic rings. The maximum absolute atomic E-state index is 11.0. The van der Waals surface area contributed by atoms with Gasteiger partial charge in [0, 0.05) is 18.0 Å². The lowest BCUT2D eigenvalue weighted by Gasteiger charge is -2.30. The molecule has 0 spiro atoms. The topological polar surface area (TPSA) is 97.1 Å². The first-order valence-electron chi connectivity index (χ1n) is 8.76. The van der Waals surface area contributed by atoms with E-state index in [2.05, 4.69) is 20.1 Å². The Hall–Kier alpha value is -2.41. The number of carbonyl (C=O) groups excluding carboxylic acids is 1. The molecule has 0 aliphatic carbocycles. The van der Waals surface area contributed by atoms with E-state index in [0.29, 0.717) is 18.1 Å². The Labute approximate surface area is 147 Å². The molecule has 3 rings (SSSR count). The molecule has 1 aromatic heterocycles. The van der Waals surface area contributed by atoms with Crippen LogP contribution in [-0.4, -0.2) is 52.2 Å². The summed E-state index contributed by atoms with van der Waals surface area (Å²) in [6.07, 6.45) is 3.18. The molecule has 7 nitrogen and oxygen atoms in total. The van der Waals surface area contributed by atoms with Crippen LogP contribution in [0.5, 0.6) is 5.75 Å². The molecule has 134 valence electrons. The van der Waals surface area contributed by atoms with Crippen LogP contribution in [0.15, 0.2) is 24.3 Å². The SMILES string of the molecule is Cc1nc(C2CCN(CCCOc3ccc(C(N)=O)cc3)CC2)n[nH]1. The molecule has 0 atom stereocenters. The predicted molar refractivity (Wildman–Crippen MR) is 94.6 cm³/mol. The first-order chi connectivity index (χ1) is 12.1. The zero-order valence-electron chi connectivity index (χ0n) is 14.6. The molecule has 0 unspecified atom stereocenters. The Kier molecular flexibility index (Phi) is 5.65. The van der Waals surface area contributed by atoms with E-state index in [-0.39, 0.29) is 0 Å². The third kappa shape index (κ3) is 4.79. The molecule has 1 aromatic carbocycles. The third-order valence-electron chi connectivity index (χ3n) is 4.59. The zero-order valence-corrected chi connectivity index (χ0v) is 14.6. The molecule has 0 radical (unpaired) electrons. The van der Waals surface area contributed by atoms with Crippen LogP contribution in [0.25, 0.3) is 0 Å². The van der Waals surface area contributed by atoms with Crippen molar-refractivity contribution < 1.29 is 9.53 Å². The van der Waals surface area contributed by atoms with Crippen LogP contribution in [0, 0.1) is 6.92 Å². The fraction of sp³-hybridized carbons (Fsp3) is 0.500. The molecule has 0 saturated carbocycles. The number of nitrogens with two attached hydrogens (primary N) is 1. The molecular weight excluding hydrogens is 318 g/mol. The van der Waals surface area contributed by atoms with Gasteiger partial charge in [-0.1, -0.05) is 0 Å². The number of aryl methyl sites for hydroxylation is 1. The lowest BCUT2D eigenvalue weighted by atomic mass is 9.96. The molecule has 1 aliphatic heterocycles. The van der Waals surface area contributed by atoms with E-state index in [9.17, 15) is 4.79 Å². The van der Waals surface area contributed by atoms with E-state index >= 15 is 0 Å². The summed E-state index contributed by atoms with van der Waals surface area (Å²) in [5.41, 5.74) is 5.72. The van der Waals surface area contributed by atoms with Gasteiger partial charge in [-0.15, -0.1) is 0 Å². The van der Waals surface area contributed by atoms with Crippen molar-refractivity contribution in [1.82, 2.24) is 20.1 Å². The minimum Gasteiger partial charge on any atom is -0.494 e. The Morgan fingerprint density at radius 1 is 1.32 bits per heavy atom. The van der Waals surface area contributed by atoms with Gasteiger partial charge in [-0.3, -0.25) is 9.89 Å². The second kappa shape index (κ2) is 8.11. The summed E-state index contributed by atoms with van der Waals surface area (Å²) < 4.78 is 5.72. The second-order valence-electron chi connectivity index (χ2n) is 6.49. The summed E-state index contributed by atoms with van der Waals surface area (Å²) in [5, 5.41) is 7.21. The number of aromatic nitrogens is 3. The van der Waals surface area contributed by atoms with Crippen LogP contribution in [-0.2, 0) is 0 Å². The standard InChI is InChI=1S/C18H25N5O2/c1-13-20-18(22-21-13)15-7-10-23(11-8-15)9-2-12-25-16-5-3-14(4-6-16)17(19)24/h3-6,15H,2,7-12H2,1H3,(H2,19,24)(H,20,21,22). The number of nitrogens with zero attached hydrogens (tertiary/aromatic N) is 3. The maximum Gasteiger partial charge on any atom is 0.248 e. The summed E-state index contributed by atoms with van der Waals surface area (Å²) in [7, 11) is 0. The second-order valence-corrected chi connectivity index (χ2v) is 6.49. The molecule has 25 heavy (non-hydrogen) atoms. The number of likely N-dealkylation sites (tertiary alicyclic amines) is 1. The number of benzene rings is 1. The van der Waals surface area contributed by atoms with Crippen molar-refractivity contribution in [3.8, 4) is 5.75 Å². The lowest BCUT2D eigenvalue weighted by Crippen LogP contribution is -2.34. The summed E-state index contributed by atoms with van der Waals surface area (Å²) >= 11 is 0. The van der Waals surface area contributed by atoms with E-state index < -0.39 is 5.91 Å². The van der Waals surface area contributed by atoms with E-state index in [1.807, 2.05) is 6.92 Å². The van der Waals surface area contributed by atoms with Gasteiger partial charge in [0.1, 0.15) is 11.6 Å². The van der Waals surface area contributed by atoms with Crippen LogP contribution in [0.4, 0.5) is 0 Å². The summed E-state index contributed by atoms with van der Waals surface area (Å²) in [6.45, 7) is 5.78. The maximum atomic E-state index is 11.0. The molecule has 1 fully saturated rings. The first-order valence-corrected chi connectivity index (χ1v) is 8.76. The van der Waals surface area contributed by atoms with Gasteiger partial charge in [0.15, 0.2) is 5.82 Å². The number of aromatic amines is 1. The molecule has 2 heterocycles. The molecule has 3 N–H and O–H groups in total. The molecular formula is C18H25N5O2. The number of nitrogens with one attached hydrogen (secondary N) is 1. The molecule has 1 saturated heterocycles. The predicted octanol–water partition coefficient (Wildman–Crippen LogP) is 1.86. The highest BCUT2D eigenvalue weighted by Crippen LogP contribution is 2.25. The average Bonchev–Trinajstić information content (AvgIpc) is 3.06. The highest BCUT2D eigenvalue weighted by molar-refractivity contribution is 5.92. The molecule has 0 bridgehead atoms. The quantitative estimate of drug-likeness (QED) is 0.748.